The van der Waals surface area contributed by atoms with Gasteiger partial charge < -0.3 is 10.3 Å². The fourth-order valence-corrected chi connectivity index (χ4v) is 2.36. The van der Waals surface area contributed by atoms with E-state index in [4.69, 9.17) is 0 Å². The van der Waals surface area contributed by atoms with Crippen molar-refractivity contribution in [2.75, 3.05) is 5.32 Å². The number of amides is 1. The smallest absolute Gasteiger partial charge is 0.227 e. The van der Waals surface area contributed by atoms with Crippen LogP contribution in [0.25, 0.3) is 10.9 Å². The van der Waals surface area contributed by atoms with Gasteiger partial charge in [-0.2, -0.15) is 0 Å². The Balaban J connectivity index is 2.21. The molecule has 1 atom stereocenters. The fraction of sp³-hybridized carbons (Fsp3) is 0.400. The van der Waals surface area contributed by atoms with Crippen molar-refractivity contribution in [3.8, 4) is 0 Å². The van der Waals surface area contributed by atoms with E-state index in [2.05, 4.69) is 31.1 Å². The molecule has 0 radical (unpaired) electrons. The first-order chi connectivity index (χ1) is 8.63. The Morgan fingerprint density at radius 1 is 1.33 bits per heavy atom. The van der Waals surface area contributed by atoms with Crippen molar-refractivity contribution in [3.63, 3.8) is 0 Å². The van der Waals surface area contributed by atoms with Gasteiger partial charge in [-0.1, -0.05) is 39.0 Å². The maximum Gasteiger partial charge on any atom is 0.227 e. The SMILES string of the molecule is CCC(C(=O)Nc1c[nH]c2ccccc12)C(C)C. The monoisotopic (exact) mass is 244 g/mol. The Morgan fingerprint density at radius 3 is 2.72 bits per heavy atom. The number of nitrogens with one attached hydrogen (secondary N) is 2. The minimum atomic E-state index is 0.0682. The summed E-state index contributed by atoms with van der Waals surface area (Å²) in [4.78, 5) is 15.4. The Morgan fingerprint density at radius 2 is 2.06 bits per heavy atom. The standard InChI is InChI=1S/C15H20N2O/c1-4-11(10(2)3)15(18)17-14-9-16-13-8-6-5-7-12(13)14/h5-11,16H,4H2,1-3H3,(H,17,18). The van der Waals surface area contributed by atoms with Gasteiger partial charge in [-0.15, -0.1) is 0 Å². The quantitative estimate of drug-likeness (QED) is 0.844. The number of carbonyl (C=O) groups is 1. The number of aromatic nitrogens is 1. The number of rotatable bonds is 4. The first kappa shape index (κ1) is 12.7. The molecule has 1 heterocycles. The Labute approximate surface area is 108 Å². The molecule has 0 aliphatic rings. The number of hydrogen-bond acceptors (Lipinski definition) is 1. The second-order valence-corrected chi connectivity index (χ2v) is 5.00. The molecule has 1 unspecified atom stereocenters. The highest BCUT2D eigenvalue weighted by molar-refractivity contribution is 6.02. The summed E-state index contributed by atoms with van der Waals surface area (Å²) in [7, 11) is 0. The first-order valence-corrected chi connectivity index (χ1v) is 6.50. The highest BCUT2D eigenvalue weighted by Crippen LogP contribution is 2.24. The molecule has 0 saturated heterocycles. The van der Waals surface area contributed by atoms with Gasteiger partial charge in [-0.25, -0.2) is 0 Å². The summed E-state index contributed by atoms with van der Waals surface area (Å²) >= 11 is 0. The average Bonchev–Trinajstić information content (AvgIpc) is 2.73. The van der Waals surface area contributed by atoms with Crippen molar-refractivity contribution in [1.82, 2.24) is 4.98 Å². The number of carbonyl (C=O) groups excluding carboxylic acids is 1. The molecule has 3 nitrogen and oxygen atoms in total. The minimum absolute atomic E-state index is 0.0682. The summed E-state index contributed by atoms with van der Waals surface area (Å²) in [6, 6.07) is 7.97. The van der Waals surface area contributed by atoms with Crippen LogP contribution in [-0.4, -0.2) is 10.9 Å². The van der Waals surface area contributed by atoms with Gasteiger partial charge in [0.2, 0.25) is 5.91 Å². The summed E-state index contributed by atoms with van der Waals surface area (Å²) in [6.07, 6.45) is 2.72. The van der Waals surface area contributed by atoms with E-state index in [1.54, 1.807) is 0 Å². The normalized spacial score (nSPS) is 12.9. The topological polar surface area (TPSA) is 44.9 Å². The second kappa shape index (κ2) is 5.25. The predicted octanol–water partition coefficient (Wildman–Crippen LogP) is 3.79. The number of para-hydroxylation sites is 1. The molecule has 18 heavy (non-hydrogen) atoms. The zero-order chi connectivity index (χ0) is 13.1. The third kappa shape index (κ3) is 2.40. The van der Waals surface area contributed by atoms with E-state index < -0.39 is 0 Å². The van der Waals surface area contributed by atoms with Crippen LogP contribution >= 0.6 is 0 Å². The van der Waals surface area contributed by atoms with Crippen LogP contribution in [0.3, 0.4) is 0 Å². The van der Waals surface area contributed by atoms with E-state index in [9.17, 15) is 4.79 Å². The van der Waals surface area contributed by atoms with Crippen LogP contribution in [0.5, 0.6) is 0 Å². The van der Waals surface area contributed by atoms with Crippen LogP contribution < -0.4 is 5.32 Å². The molecule has 0 aliphatic carbocycles. The van der Waals surface area contributed by atoms with Crippen LogP contribution in [0.2, 0.25) is 0 Å². The highest BCUT2D eigenvalue weighted by atomic mass is 16.1. The lowest BCUT2D eigenvalue weighted by Gasteiger charge is -2.18. The maximum absolute atomic E-state index is 12.2. The molecular formula is C15H20N2O. The summed E-state index contributed by atoms with van der Waals surface area (Å²) in [5, 5.41) is 4.09. The van der Waals surface area contributed by atoms with E-state index in [-0.39, 0.29) is 11.8 Å². The van der Waals surface area contributed by atoms with E-state index in [0.717, 1.165) is 23.0 Å². The lowest BCUT2D eigenvalue weighted by Crippen LogP contribution is -2.26. The predicted molar refractivity (Wildman–Crippen MR) is 75.5 cm³/mol. The molecule has 2 N–H and O–H groups in total. The molecule has 0 saturated carbocycles. The number of H-pyrrole nitrogens is 1. The Hall–Kier alpha value is -1.77. The van der Waals surface area contributed by atoms with Crippen LogP contribution in [0, 0.1) is 11.8 Å². The van der Waals surface area contributed by atoms with E-state index >= 15 is 0 Å². The number of anilines is 1. The Kier molecular flexibility index (Phi) is 3.70. The molecule has 0 fully saturated rings. The van der Waals surface area contributed by atoms with Crippen LogP contribution in [0.4, 0.5) is 5.69 Å². The number of hydrogen-bond donors (Lipinski definition) is 2. The molecule has 2 rings (SSSR count). The van der Waals surface area contributed by atoms with Gasteiger partial charge in [-0.3, -0.25) is 4.79 Å². The maximum atomic E-state index is 12.2. The molecule has 0 bridgehead atoms. The molecule has 3 heteroatoms. The minimum Gasteiger partial charge on any atom is -0.359 e. The summed E-state index contributed by atoms with van der Waals surface area (Å²) < 4.78 is 0. The van der Waals surface area contributed by atoms with Crippen LogP contribution in [0.15, 0.2) is 30.5 Å². The van der Waals surface area contributed by atoms with Crippen LogP contribution in [0.1, 0.15) is 27.2 Å². The van der Waals surface area contributed by atoms with Gasteiger partial charge in [0, 0.05) is 23.0 Å². The van der Waals surface area contributed by atoms with Gasteiger partial charge in [0.1, 0.15) is 0 Å². The second-order valence-electron chi connectivity index (χ2n) is 5.00. The van der Waals surface area contributed by atoms with Crippen molar-refractivity contribution in [2.45, 2.75) is 27.2 Å². The van der Waals surface area contributed by atoms with Gasteiger partial charge in [0.15, 0.2) is 0 Å². The summed E-state index contributed by atoms with van der Waals surface area (Å²) in [5.74, 6) is 0.538. The molecule has 1 aromatic heterocycles. The zero-order valence-corrected chi connectivity index (χ0v) is 11.2. The van der Waals surface area contributed by atoms with Crippen molar-refractivity contribution < 1.29 is 4.79 Å². The third-order valence-corrected chi connectivity index (χ3v) is 3.43. The number of benzene rings is 1. The number of aromatic amines is 1. The first-order valence-electron chi connectivity index (χ1n) is 6.50. The van der Waals surface area contributed by atoms with E-state index in [0.29, 0.717) is 5.92 Å². The van der Waals surface area contributed by atoms with Gasteiger partial charge in [-0.05, 0) is 18.4 Å². The van der Waals surface area contributed by atoms with Crippen molar-refractivity contribution >= 4 is 22.5 Å². The van der Waals surface area contributed by atoms with Gasteiger partial charge in [0.05, 0.1) is 5.69 Å². The largest absolute Gasteiger partial charge is 0.359 e. The van der Waals surface area contributed by atoms with Crippen LogP contribution in [-0.2, 0) is 4.79 Å². The molecular weight excluding hydrogens is 224 g/mol. The molecule has 2 aromatic rings. The molecule has 0 spiro atoms. The van der Waals surface area contributed by atoms with E-state index in [1.165, 1.54) is 0 Å². The third-order valence-electron chi connectivity index (χ3n) is 3.43. The molecule has 96 valence electrons. The van der Waals surface area contributed by atoms with Gasteiger partial charge >= 0.3 is 0 Å². The Bertz CT molecular complexity index is 542. The van der Waals surface area contributed by atoms with Crippen molar-refractivity contribution in [2.24, 2.45) is 11.8 Å². The highest BCUT2D eigenvalue weighted by Gasteiger charge is 2.20. The van der Waals surface area contributed by atoms with Gasteiger partial charge in [0.25, 0.3) is 0 Å². The summed E-state index contributed by atoms with van der Waals surface area (Å²) in [5.41, 5.74) is 1.92. The van der Waals surface area contributed by atoms with Crippen molar-refractivity contribution in [3.05, 3.63) is 30.5 Å². The zero-order valence-electron chi connectivity index (χ0n) is 11.2. The molecule has 1 amide bonds. The fourth-order valence-electron chi connectivity index (χ4n) is 2.36. The van der Waals surface area contributed by atoms with Crippen molar-refractivity contribution in [1.29, 1.82) is 0 Å². The lowest BCUT2D eigenvalue weighted by molar-refractivity contribution is -0.121. The molecule has 0 aliphatic heterocycles. The summed E-state index contributed by atoms with van der Waals surface area (Å²) in [6.45, 7) is 6.23. The molecule has 1 aromatic carbocycles. The number of fused-ring (bicyclic) bond motifs is 1. The average molecular weight is 244 g/mol. The van der Waals surface area contributed by atoms with E-state index in [1.807, 2.05) is 30.5 Å². The lowest BCUT2D eigenvalue weighted by atomic mass is 9.92.